The second kappa shape index (κ2) is 10.2. The Morgan fingerprint density at radius 2 is 1.94 bits per heavy atom. The molecule has 184 valence electrons. The maximum Gasteiger partial charge on any atom is 0.338 e. The summed E-state index contributed by atoms with van der Waals surface area (Å²) in [5.41, 5.74) is 3.22. The van der Waals surface area contributed by atoms with Crippen LogP contribution in [0.5, 0.6) is 11.5 Å². The molecular formula is C26H29N3O5S. The maximum absolute atomic E-state index is 13.3. The van der Waals surface area contributed by atoms with E-state index in [1.807, 2.05) is 36.1 Å². The highest BCUT2D eigenvalue weighted by Crippen LogP contribution is 2.38. The monoisotopic (exact) mass is 495 g/mol. The van der Waals surface area contributed by atoms with E-state index in [9.17, 15) is 9.59 Å². The summed E-state index contributed by atoms with van der Waals surface area (Å²) >= 11 is 1.44. The molecule has 0 N–H and O–H groups in total. The SMILES string of the molecule is CCOC(=O)c1ccc2c(c1)nc(SCC(=O)N1CCCC1c1ccc3c(c1)OCCO3)n2CC. The Hall–Kier alpha value is -3.20. The van der Waals surface area contributed by atoms with Gasteiger partial charge in [-0.3, -0.25) is 4.79 Å². The molecule has 3 heterocycles. The van der Waals surface area contributed by atoms with Crippen LogP contribution in [0.4, 0.5) is 0 Å². The molecule has 0 saturated carbocycles. The summed E-state index contributed by atoms with van der Waals surface area (Å²) in [5, 5.41) is 0.770. The van der Waals surface area contributed by atoms with Crippen molar-refractivity contribution in [3.05, 3.63) is 47.5 Å². The molecule has 1 saturated heterocycles. The van der Waals surface area contributed by atoms with Gasteiger partial charge in [-0.15, -0.1) is 0 Å². The minimum atomic E-state index is -0.357. The lowest BCUT2D eigenvalue weighted by molar-refractivity contribution is -0.129. The van der Waals surface area contributed by atoms with Crippen LogP contribution in [0, 0.1) is 0 Å². The number of hydrogen-bond donors (Lipinski definition) is 0. The first-order valence-electron chi connectivity index (χ1n) is 12.1. The topological polar surface area (TPSA) is 82.9 Å². The van der Waals surface area contributed by atoms with Crippen LogP contribution in [0.3, 0.4) is 0 Å². The highest BCUT2D eigenvalue weighted by atomic mass is 32.2. The van der Waals surface area contributed by atoms with E-state index in [4.69, 9.17) is 19.2 Å². The first kappa shape index (κ1) is 23.5. The standard InChI is InChI=1S/C26H29N3O5S/c1-3-28-21-9-7-18(25(31)32-4-2)14-19(21)27-26(28)35-16-24(30)29-11-5-6-20(29)17-8-10-22-23(15-17)34-13-12-33-22/h7-10,14-15,20H,3-6,11-13,16H2,1-2H3. The number of likely N-dealkylation sites (tertiary alicyclic amines) is 1. The number of carbonyl (C=O) groups excluding carboxylic acids is 2. The molecule has 1 aromatic heterocycles. The molecule has 9 heteroatoms. The van der Waals surface area contributed by atoms with Gasteiger partial charge in [0, 0.05) is 13.1 Å². The number of carbonyl (C=O) groups is 2. The van der Waals surface area contributed by atoms with E-state index < -0.39 is 0 Å². The predicted molar refractivity (Wildman–Crippen MR) is 133 cm³/mol. The van der Waals surface area contributed by atoms with E-state index in [1.165, 1.54) is 11.8 Å². The summed E-state index contributed by atoms with van der Waals surface area (Å²) in [6.07, 6.45) is 1.90. The van der Waals surface area contributed by atoms with Crippen LogP contribution < -0.4 is 9.47 Å². The van der Waals surface area contributed by atoms with Crippen LogP contribution in [0.15, 0.2) is 41.6 Å². The smallest absolute Gasteiger partial charge is 0.338 e. The highest BCUT2D eigenvalue weighted by Gasteiger charge is 2.31. The zero-order chi connectivity index (χ0) is 24.4. The van der Waals surface area contributed by atoms with Gasteiger partial charge in [-0.2, -0.15) is 0 Å². The van der Waals surface area contributed by atoms with Crippen LogP contribution in [-0.4, -0.2) is 58.4 Å². The summed E-state index contributed by atoms with van der Waals surface area (Å²) in [7, 11) is 0. The van der Waals surface area contributed by atoms with Gasteiger partial charge in [0.1, 0.15) is 13.2 Å². The van der Waals surface area contributed by atoms with Crippen LogP contribution in [0.25, 0.3) is 11.0 Å². The van der Waals surface area contributed by atoms with Crippen molar-refractivity contribution in [3.63, 3.8) is 0 Å². The van der Waals surface area contributed by atoms with Gasteiger partial charge < -0.3 is 23.7 Å². The van der Waals surface area contributed by atoms with Crippen molar-refractivity contribution in [2.75, 3.05) is 32.1 Å². The molecule has 1 atom stereocenters. The highest BCUT2D eigenvalue weighted by molar-refractivity contribution is 7.99. The van der Waals surface area contributed by atoms with E-state index >= 15 is 0 Å². The number of fused-ring (bicyclic) bond motifs is 2. The molecule has 0 radical (unpaired) electrons. The third kappa shape index (κ3) is 4.69. The molecule has 2 aliphatic rings. The Bertz CT molecular complexity index is 1260. The number of benzene rings is 2. The molecule has 2 aliphatic heterocycles. The van der Waals surface area contributed by atoms with Gasteiger partial charge >= 0.3 is 5.97 Å². The van der Waals surface area contributed by atoms with Crippen molar-refractivity contribution in [1.29, 1.82) is 0 Å². The molecule has 3 aromatic rings. The van der Waals surface area contributed by atoms with Crippen LogP contribution in [-0.2, 0) is 16.1 Å². The number of nitrogens with zero attached hydrogens (tertiary/aromatic N) is 3. The largest absolute Gasteiger partial charge is 0.486 e. The van der Waals surface area contributed by atoms with Gasteiger partial charge in [-0.25, -0.2) is 9.78 Å². The Morgan fingerprint density at radius 3 is 2.74 bits per heavy atom. The van der Waals surface area contributed by atoms with E-state index in [2.05, 4.69) is 4.57 Å². The number of hydrogen-bond acceptors (Lipinski definition) is 7. The molecule has 0 spiro atoms. The predicted octanol–water partition coefficient (Wildman–Crippen LogP) is 4.46. The second-order valence-electron chi connectivity index (χ2n) is 8.50. The van der Waals surface area contributed by atoms with Crippen molar-refractivity contribution < 1.29 is 23.8 Å². The Morgan fingerprint density at radius 1 is 1.11 bits per heavy atom. The van der Waals surface area contributed by atoms with Crippen LogP contribution in [0.2, 0.25) is 0 Å². The molecule has 8 nitrogen and oxygen atoms in total. The van der Waals surface area contributed by atoms with Crippen LogP contribution >= 0.6 is 11.8 Å². The zero-order valence-corrected chi connectivity index (χ0v) is 20.8. The lowest BCUT2D eigenvalue weighted by Crippen LogP contribution is -2.32. The molecule has 35 heavy (non-hydrogen) atoms. The van der Waals surface area contributed by atoms with Crippen LogP contribution in [0.1, 0.15) is 48.7 Å². The van der Waals surface area contributed by atoms with E-state index in [0.29, 0.717) is 31.1 Å². The van der Waals surface area contributed by atoms with Gasteiger partial charge in [-0.05, 0) is 62.6 Å². The number of amides is 1. The number of aromatic nitrogens is 2. The minimum Gasteiger partial charge on any atom is -0.486 e. The summed E-state index contributed by atoms with van der Waals surface area (Å²) in [6, 6.07) is 11.4. The van der Waals surface area contributed by atoms with Crippen molar-refractivity contribution in [3.8, 4) is 11.5 Å². The summed E-state index contributed by atoms with van der Waals surface area (Å²) < 4.78 is 18.6. The number of esters is 1. The van der Waals surface area contributed by atoms with E-state index in [-0.39, 0.29) is 17.9 Å². The number of aryl methyl sites for hydroxylation is 1. The van der Waals surface area contributed by atoms with Crippen molar-refractivity contribution in [2.24, 2.45) is 0 Å². The fourth-order valence-corrected chi connectivity index (χ4v) is 5.72. The lowest BCUT2D eigenvalue weighted by Gasteiger charge is -2.26. The molecule has 1 amide bonds. The van der Waals surface area contributed by atoms with Gasteiger partial charge in [0.05, 0.1) is 35.0 Å². The zero-order valence-electron chi connectivity index (χ0n) is 20.0. The quantitative estimate of drug-likeness (QED) is 0.354. The van der Waals surface area contributed by atoms with Crippen molar-refractivity contribution in [1.82, 2.24) is 14.5 Å². The number of ether oxygens (including phenoxy) is 3. The Balaban J connectivity index is 1.31. The fraction of sp³-hybridized carbons (Fsp3) is 0.423. The molecular weight excluding hydrogens is 466 g/mol. The van der Waals surface area contributed by atoms with Gasteiger partial charge in [0.15, 0.2) is 16.7 Å². The minimum absolute atomic E-state index is 0.0380. The summed E-state index contributed by atoms with van der Waals surface area (Å²) in [6.45, 7) is 6.72. The average Bonchev–Trinajstić information content (AvgIpc) is 3.51. The Kier molecular flexibility index (Phi) is 6.86. The molecule has 0 bridgehead atoms. The second-order valence-corrected chi connectivity index (χ2v) is 9.44. The normalized spacial score (nSPS) is 17.1. The number of imidazole rings is 1. The maximum atomic E-state index is 13.3. The molecule has 1 unspecified atom stereocenters. The summed E-state index contributed by atoms with van der Waals surface area (Å²) in [5.74, 6) is 1.55. The first-order valence-corrected chi connectivity index (χ1v) is 13.1. The van der Waals surface area contributed by atoms with Crippen molar-refractivity contribution in [2.45, 2.75) is 44.4 Å². The molecule has 5 rings (SSSR count). The molecule has 0 aliphatic carbocycles. The van der Waals surface area contributed by atoms with E-state index in [1.54, 1.807) is 19.1 Å². The number of rotatable bonds is 7. The van der Waals surface area contributed by atoms with Crippen molar-refractivity contribution >= 4 is 34.7 Å². The van der Waals surface area contributed by atoms with E-state index in [0.717, 1.165) is 59.2 Å². The third-order valence-corrected chi connectivity index (χ3v) is 7.35. The third-order valence-electron chi connectivity index (χ3n) is 6.39. The summed E-state index contributed by atoms with van der Waals surface area (Å²) in [4.78, 5) is 32.1. The average molecular weight is 496 g/mol. The molecule has 2 aromatic carbocycles. The van der Waals surface area contributed by atoms with Gasteiger partial charge in [0.25, 0.3) is 0 Å². The molecule has 1 fully saturated rings. The van der Waals surface area contributed by atoms with Gasteiger partial charge in [0.2, 0.25) is 5.91 Å². The lowest BCUT2D eigenvalue weighted by atomic mass is 10.0. The fourth-order valence-electron chi connectivity index (χ4n) is 4.75. The first-order chi connectivity index (χ1) is 17.1. The van der Waals surface area contributed by atoms with Gasteiger partial charge in [-0.1, -0.05) is 17.8 Å². The Labute approximate surface area is 208 Å². The number of thioether (sulfide) groups is 1.